The summed E-state index contributed by atoms with van der Waals surface area (Å²) in [5.74, 6) is -0.156. The highest BCUT2D eigenvalue weighted by atomic mass is 32.2. The van der Waals surface area contributed by atoms with Gasteiger partial charge in [-0.05, 0) is 37.1 Å². The van der Waals surface area contributed by atoms with Gasteiger partial charge in [0.25, 0.3) is 0 Å². The van der Waals surface area contributed by atoms with Crippen molar-refractivity contribution in [2.45, 2.75) is 18.7 Å². The minimum Gasteiger partial charge on any atom is -0.289 e. The van der Waals surface area contributed by atoms with E-state index in [1.807, 2.05) is 26.0 Å². The molecule has 0 spiro atoms. The predicted molar refractivity (Wildman–Crippen MR) is 78.9 cm³/mol. The number of carbonyl (C=O) groups is 1. The van der Waals surface area contributed by atoms with Crippen LogP contribution in [0.2, 0.25) is 0 Å². The summed E-state index contributed by atoms with van der Waals surface area (Å²) in [4.78, 5) is 12.7. The fourth-order valence-corrected chi connectivity index (χ4v) is 2.69. The average Bonchev–Trinajstić information content (AvgIpc) is 2.40. The molecular formula is C16H16O3S. The van der Waals surface area contributed by atoms with Gasteiger partial charge in [-0.1, -0.05) is 30.3 Å². The third-order valence-electron chi connectivity index (χ3n) is 3.37. The minimum absolute atomic E-state index is 0.156. The highest BCUT2D eigenvalue weighted by Gasteiger charge is 2.15. The third-order valence-corrected chi connectivity index (χ3v) is 4.48. The van der Waals surface area contributed by atoms with Crippen LogP contribution in [-0.4, -0.2) is 20.5 Å². The maximum atomic E-state index is 12.5. The molecule has 0 saturated carbocycles. The molecule has 0 N–H and O–H groups in total. The van der Waals surface area contributed by atoms with Crippen molar-refractivity contribution >= 4 is 15.6 Å². The molecule has 4 heteroatoms. The van der Waals surface area contributed by atoms with Gasteiger partial charge in [-0.25, -0.2) is 8.42 Å². The van der Waals surface area contributed by atoms with Crippen LogP contribution >= 0.6 is 0 Å². The molecule has 0 aliphatic carbocycles. The zero-order chi connectivity index (χ0) is 14.9. The summed E-state index contributed by atoms with van der Waals surface area (Å²) in [6.07, 6.45) is 1.13. The fourth-order valence-electron chi connectivity index (χ4n) is 2.02. The van der Waals surface area contributed by atoms with Gasteiger partial charge in [0.15, 0.2) is 15.6 Å². The normalized spacial score (nSPS) is 11.3. The number of benzene rings is 2. The van der Waals surface area contributed by atoms with Crippen LogP contribution in [0.5, 0.6) is 0 Å². The Bertz CT molecular complexity index is 774. The van der Waals surface area contributed by atoms with Crippen LogP contribution in [0.25, 0.3) is 0 Å². The van der Waals surface area contributed by atoms with Gasteiger partial charge in [-0.15, -0.1) is 0 Å². The zero-order valence-corrected chi connectivity index (χ0v) is 12.5. The average molecular weight is 288 g/mol. The molecule has 104 valence electrons. The number of aryl methyl sites for hydroxylation is 1. The summed E-state index contributed by atoms with van der Waals surface area (Å²) in [5, 5.41) is 0. The van der Waals surface area contributed by atoms with E-state index in [0.717, 1.165) is 17.4 Å². The van der Waals surface area contributed by atoms with Crippen molar-refractivity contribution in [2.24, 2.45) is 0 Å². The Hall–Kier alpha value is -1.94. The molecular weight excluding hydrogens is 272 g/mol. The lowest BCUT2D eigenvalue weighted by molar-refractivity contribution is 0.103. The summed E-state index contributed by atoms with van der Waals surface area (Å²) in [6, 6.07) is 11.7. The predicted octanol–water partition coefficient (Wildman–Crippen LogP) is 2.94. The van der Waals surface area contributed by atoms with Gasteiger partial charge >= 0.3 is 0 Å². The van der Waals surface area contributed by atoms with Crippen molar-refractivity contribution in [2.75, 3.05) is 6.26 Å². The highest BCUT2D eigenvalue weighted by Crippen LogP contribution is 2.19. The lowest BCUT2D eigenvalue weighted by Gasteiger charge is -2.08. The molecule has 2 aromatic carbocycles. The second-order valence-corrected chi connectivity index (χ2v) is 6.89. The summed E-state index contributed by atoms with van der Waals surface area (Å²) in [7, 11) is -3.31. The van der Waals surface area contributed by atoms with Gasteiger partial charge in [0, 0.05) is 17.4 Å². The molecule has 0 amide bonds. The van der Waals surface area contributed by atoms with Crippen LogP contribution in [0, 0.1) is 13.8 Å². The number of hydrogen-bond donors (Lipinski definition) is 0. The van der Waals surface area contributed by atoms with Crippen molar-refractivity contribution in [1.82, 2.24) is 0 Å². The lowest BCUT2D eigenvalue weighted by Crippen LogP contribution is -2.06. The number of sulfone groups is 1. The molecule has 3 nitrogen and oxygen atoms in total. The summed E-state index contributed by atoms with van der Waals surface area (Å²) in [5.41, 5.74) is 2.95. The summed E-state index contributed by atoms with van der Waals surface area (Å²) < 4.78 is 23.1. The van der Waals surface area contributed by atoms with Crippen molar-refractivity contribution in [3.63, 3.8) is 0 Å². The van der Waals surface area contributed by atoms with Gasteiger partial charge < -0.3 is 0 Å². The van der Waals surface area contributed by atoms with E-state index >= 15 is 0 Å². The molecule has 2 rings (SSSR count). The molecule has 0 heterocycles. The molecule has 0 bridgehead atoms. The van der Waals surface area contributed by atoms with E-state index in [1.54, 1.807) is 18.2 Å². The van der Waals surface area contributed by atoms with Crippen LogP contribution in [-0.2, 0) is 9.84 Å². The zero-order valence-electron chi connectivity index (χ0n) is 11.7. The van der Waals surface area contributed by atoms with E-state index in [9.17, 15) is 13.2 Å². The maximum Gasteiger partial charge on any atom is 0.193 e. The quantitative estimate of drug-likeness (QED) is 0.816. The molecule has 0 saturated heterocycles. The van der Waals surface area contributed by atoms with E-state index in [1.165, 1.54) is 12.1 Å². The van der Waals surface area contributed by atoms with Crippen molar-refractivity contribution in [3.8, 4) is 0 Å². The van der Waals surface area contributed by atoms with E-state index in [2.05, 4.69) is 0 Å². The number of hydrogen-bond acceptors (Lipinski definition) is 3. The Morgan fingerprint density at radius 2 is 1.65 bits per heavy atom. The largest absolute Gasteiger partial charge is 0.289 e. The maximum absolute atomic E-state index is 12.5. The second-order valence-electron chi connectivity index (χ2n) is 4.88. The smallest absolute Gasteiger partial charge is 0.193 e. The summed E-state index contributed by atoms with van der Waals surface area (Å²) >= 11 is 0. The summed E-state index contributed by atoms with van der Waals surface area (Å²) in [6.45, 7) is 3.84. The monoisotopic (exact) mass is 288 g/mol. The van der Waals surface area contributed by atoms with Gasteiger partial charge in [-0.2, -0.15) is 0 Å². The van der Waals surface area contributed by atoms with Crippen LogP contribution in [0.3, 0.4) is 0 Å². The van der Waals surface area contributed by atoms with Crippen LogP contribution < -0.4 is 0 Å². The Balaban J connectivity index is 2.52. The molecule has 0 aliphatic rings. The molecule has 0 fully saturated rings. The fraction of sp³-hybridized carbons (Fsp3) is 0.188. The van der Waals surface area contributed by atoms with Gasteiger partial charge in [0.1, 0.15) is 0 Å². The first kappa shape index (κ1) is 14.5. The first-order valence-electron chi connectivity index (χ1n) is 6.22. The Morgan fingerprint density at radius 3 is 2.30 bits per heavy atom. The number of carbonyl (C=O) groups excluding carboxylic acids is 1. The number of ketones is 1. The topological polar surface area (TPSA) is 51.2 Å². The Kier molecular flexibility index (Phi) is 3.77. The van der Waals surface area contributed by atoms with Crippen LogP contribution in [0.4, 0.5) is 0 Å². The van der Waals surface area contributed by atoms with Crippen molar-refractivity contribution < 1.29 is 13.2 Å². The van der Waals surface area contributed by atoms with Gasteiger partial charge in [0.2, 0.25) is 0 Å². The van der Waals surface area contributed by atoms with Crippen LogP contribution in [0.15, 0.2) is 47.4 Å². The van der Waals surface area contributed by atoms with E-state index in [0.29, 0.717) is 11.1 Å². The SMILES string of the molecule is Cc1cccc(C(=O)c2cccc(S(C)(=O)=O)c2)c1C. The first-order valence-corrected chi connectivity index (χ1v) is 8.11. The molecule has 0 radical (unpaired) electrons. The molecule has 0 aromatic heterocycles. The molecule has 20 heavy (non-hydrogen) atoms. The number of rotatable bonds is 3. The molecule has 0 atom stereocenters. The van der Waals surface area contributed by atoms with E-state index < -0.39 is 9.84 Å². The Morgan fingerprint density at radius 1 is 1.00 bits per heavy atom. The van der Waals surface area contributed by atoms with Gasteiger partial charge in [0.05, 0.1) is 4.90 Å². The second kappa shape index (κ2) is 5.21. The lowest BCUT2D eigenvalue weighted by atomic mass is 9.96. The molecule has 0 aliphatic heterocycles. The minimum atomic E-state index is -3.31. The first-order chi connectivity index (χ1) is 9.30. The molecule has 2 aromatic rings. The van der Waals surface area contributed by atoms with Gasteiger partial charge in [-0.3, -0.25) is 4.79 Å². The standard InChI is InChI=1S/C16H16O3S/c1-11-6-4-9-15(12(11)2)16(17)13-7-5-8-14(10-13)20(3,18)19/h4-10H,1-3H3. The van der Waals surface area contributed by atoms with Crippen LogP contribution in [0.1, 0.15) is 27.0 Å². The van der Waals surface area contributed by atoms with Crippen molar-refractivity contribution in [3.05, 3.63) is 64.7 Å². The van der Waals surface area contributed by atoms with E-state index in [4.69, 9.17) is 0 Å². The highest BCUT2D eigenvalue weighted by molar-refractivity contribution is 7.90. The third kappa shape index (κ3) is 2.80. The molecule has 0 unspecified atom stereocenters. The van der Waals surface area contributed by atoms with Crippen molar-refractivity contribution in [1.29, 1.82) is 0 Å². The Labute approximate surface area is 119 Å². The van der Waals surface area contributed by atoms with E-state index in [-0.39, 0.29) is 10.7 Å².